The second-order valence-corrected chi connectivity index (χ2v) is 6.42. The van der Waals surface area contributed by atoms with Crippen LogP contribution >= 0.6 is 0 Å². The van der Waals surface area contributed by atoms with Crippen LogP contribution in [0.25, 0.3) is 0 Å². The van der Waals surface area contributed by atoms with Crippen LogP contribution in [0.3, 0.4) is 0 Å². The largest absolute Gasteiger partial charge is 0.396 e. The van der Waals surface area contributed by atoms with Crippen molar-refractivity contribution in [2.45, 2.75) is 25.1 Å². The third kappa shape index (κ3) is 1.82. The maximum Gasteiger partial charge on any atom is 0.364 e. The van der Waals surface area contributed by atoms with E-state index >= 15 is 0 Å². The molecule has 1 atom stereocenters. The fourth-order valence-corrected chi connectivity index (χ4v) is 3.18. The number of rotatable bonds is 3. The second-order valence-electron chi connectivity index (χ2n) is 2.93. The Kier molecular flexibility index (Phi) is 3.06. The average Bonchev–Trinajstić information content (AvgIpc) is 2.55. The van der Waals surface area contributed by atoms with Gasteiger partial charge in [-0.05, 0) is 19.4 Å². The van der Waals surface area contributed by atoms with Crippen molar-refractivity contribution in [3.63, 3.8) is 0 Å². The molecule has 0 saturated carbocycles. The van der Waals surface area contributed by atoms with Gasteiger partial charge in [-0.1, -0.05) is 0 Å². The Bertz CT molecular complexity index is 119. The van der Waals surface area contributed by atoms with Crippen molar-refractivity contribution in [3.05, 3.63) is 0 Å². The van der Waals surface area contributed by atoms with Gasteiger partial charge in [0.2, 0.25) is 0 Å². The molecule has 0 aromatic rings. The molecular weight excluding hydrogens is 160 g/mol. The highest BCUT2D eigenvalue weighted by atomic mass is 28.4. The van der Waals surface area contributed by atoms with Gasteiger partial charge in [-0.3, -0.25) is 0 Å². The summed E-state index contributed by atoms with van der Waals surface area (Å²) in [6, 6.07) is 0. The minimum Gasteiger partial charge on any atom is -0.396 e. The van der Waals surface area contributed by atoms with Gasteiger partial charge in [0.1, 0.15) is 5.73 Å². The predicted molar refractivity (Wildman–Crippen MR) is 44.6 cm³/mol. The Morgan fingerprint density at radius 1 is 1.36 bits per heavy atom. The highest BCUT2D eigenvalue weighted by Gasteiger charge is 2.42. The Balaban J connectivity index is 2.52. The molecule has 11 heavy (non-hydrogen) atoms. The van der Waals surface area contributed by atoms with Gasteiger partial charge >= 0.3 is 8.56 Å². The van der Waals surface area contributed by atoms with E-state index in [2.05, 4.69) is 0 Å². The van der Waals surface area contributed by atoms with Crippen molar-refractivity contribution in [2.75, 3.05) is 20.8 Å². The second kappa shape index (κ2) is 3.67. The van der Waals surface area contributed by atoms with Crippen molar-refractivity contribution in [3.8, 4) is 0 Å². The molecule has 1 unspecified atom stereocenters. The molecule has 0 spiro atoms. The molecule has 1 rings (SSSR count). The maximum absolute atomic E-state index is 5.51. The van der Waals surface area contributed by atoms with Crippen molar-refractivity contribution >= 4 is 8.56 Å². The van der Waals surface area contributed by atoms with Gasteiger partial charge in [0.25, 0.3) is 0 Å². The van der Waals surface area contributed by atoms with Crippen LogP contribution in [0.15, 0.2) is 0 Å². The van der Waals surface area contributed by atoms with Gasteiger partial charge in [0.05, 0.1) is 0 Å². The lowest BCUT2D eigenvalue weighted by molar-refractivity contribution is 0.106. The summed E-state index contributed by atoms with van der Waals surface area (Å²) >= 11 is 0. The molecule has 0 aromatic heterocycles. The molecule has 3 nitrogen and oxygen atoms in total. The molecule has 1 aliphatic heterocycles. The minimum atomic E-state index is -1.99. The van der Waals surface area contributed by atoms with Crippen LogP contribution < -0.4 is 0 Å². The van der Waals surface area contributed by atoms with Gasteiger partial charge in [0.15, 0.2) is 0 Å². The number of ether oxygens (including phenoxy) is 1. The van der Waals surface area contributed by atoms with Crippen LogP contribution in [-0.2, 0) is 13.6 Å². The van der Waals surface area contributed by atoms with E-state index in [0.29, 0.717) is 0 Å². The third-order valence-electron chi connectivity index (χ3n) is 2.33. The van der Waals surface area contributed by atoms with Crippen LogP contribution in [-0.4, -0.2) is 35.1 Å². The first-order chi connectivity index (χ1) is 5.23. The van der Waals surface area contributed by atoms with E-state index in [0.717, 1.165) is 19.4 Å². The molecular formula is C7H16O3Si. The summed E-state index contributed by atoms with van der Waals surface area (Å²) in [7, 11) is 1.43. The zero-order valence-electron chi connectivity index (χ0n) is 7.42. The fraction of sp³-hybridized carbons (Fsp3) is 1.00. The molecule has 1 heterocycles. The molecule has 66 valence electrons. The molecule has 4 heteroatoms. The first-order valence-electron chi connectivity index (χ1n) is 3.95. The Morgan fingerprint density at radius 3 is 2.36 bits per heavy atom. The van der Waals surface area contributed by atoms with Gasteiger partial charge < -0.3 is 13.6 Å². The third-order valence-corrected chi connectivity index (χ3v) is 5.57. The molecule has 1 aliphatic rings. The van der Waals surface area contributed by atoms with Gasteiger partial charge in [-0.25, -0.2) is 0 Å². The van der Waals surface area contributed by atoms with E-state index in [1.54, 1.807) is 14.2 Å². The van der Waals surface area contributed by atoms with Crippen LogP contribution in [0, 0.1) is 0 Å². The van der Waals surface area contributed by atoms with E-state index in [4.69, 9.17) is 13.6 Å². The zero-order valence-corrected chi connectivity index (χ0v) is 8.42. The monoisotopic (exact) mass is 176 g/mol. The van der Waals surface area contributed by atoms with Gasteiger partial charge in [-0.15, -0.1) is 0 Å². The molecule has 0 N–H and O–H groups in total. The summed E-state index contributed by atoms with van der Waals surface area (Å²) in [4.78, 5) is 0. The quantitative estimate of drug-likeness (QED) is 0.602. The maximum atomic E-state index is 5.51. The summed E-state index contributed by atoms with van der Waals surface area (Å²) in [5.74, 6) is 0. The highest BCUT2D eigenvalue weighted by Crippen LogP contribution is 2.23. The van der Waals surface area contributed by atoms with E-state index < -0.39 is 8.56 Å². The van der Waals surface area contributed by atoms with Crippen LogP contribution in [0.2, 0.25) is 6.55 Å². The van der Waals surface area contributed by atoms with E-state index in [-0.39, 0.29) is 5.73 Å². The predicted octanol–water partition coefficient (Wildman–Crippen LogP) is 1.07. The molecule has 0 aromatic carbocycles. The van der Waals surface area contributed by atoms with E-state index in [1.807, 2.05) is 6.55 Å². The highest BCUT2D eigenvalue weighted by molar-refractivity contribution is 6.67. The van der Waals surface area contributed by atoms with Crippen LogP contribution in [0.4, 0.5) is 0 Å². The first kappa shape index (κ1) is 9.19. The Hall–Kier alpha value is 0.0969. The lowest BCUT2D eigenvalue weighted by Crippen LogP contribution is -2.48. The Labute approximate surface area is 68.9 Å². The lowest BCUT2D eigenvalue weighted by Gasteiger charge is -2.27. The van der Waals surface area contributed by atoms with Gasteiger partial charge in [-0.2, -0.15) is 0 Å². The van der Waals surface area contributed by atoms with Crippen molar-refractivity contribution in [1.82, 2.24) is 0 Å². The molecule has 1 saturated heterocycles. The summed E-state index contributed by atoms with van der Waals surface area (Å²) in [6.07, 6.45) is 2.23. The number of hydrogen-bond acceptors (Lipinski definition) is 3. The number of hydrogen-bond donors (Lipinski definition) is 0. The normalized spacial score (nSPS) is 25.9. The molecule has 0 aliphatic carbocycles. The van der Waals surface area contributed by atoms with Crippen molar-refractivity contribution < 1.29 is 13.6 Å². The topological polar surface area (TPSA) is 27.7 Å². The summed E-state index contributed by atoms with van der Waals surface area (Å²) < 4.78 is 16.2. The average molecular weight is 176 g/mol. The van der Waals surface area contributed by atoms with E-state index in [9.17, 15) is 0 Å². The Morgan fingerprint density at radius 2 is 2.00 bits per heavy atom. The molecule has 0 bridgehead atoms. The zero-order chi connectivity index (χ0) is 8.32. The standard InChI is InChI=1S/C7H16O3Si/c1-8-11(3,9-2)7-5-4-6-10-7/h7H,4-6H2,1-3H3. The van der Waals surface area contributed by atoms with Crippen molar-refractivity contribution in [2.24, 2.45) is 0 Å². The van der Waals surface area contributed by atoms with Crippen molar-refractivity contribution in [1.29, 1.82) is 0 Å². The first-order valence-corrected chi connectivity index (χ1v) is 6.34. The summed E-state index contributed by atoms with van der Waals surface area (Å²) in [5.41, 5.74) is 0.234. The van der Waals surface area contributed by atoms with Crippen LogP contribution in [0.1, 0.15) is 12.8 Å². The molecule has 0 radical (unpaired) electrons. The van der Waals surface area contributed by atoms with E-state index in [1.165, 1.54) is 0 Å². The summed E-state index contributed by atoms with van der Waals surface area (Å²) in [6.45, 7) is 2.91. The summed E-state index contributed by atoms with van der Waals surface area (Å²) in [5, 5.41) is 0. The minimum absolute atomic E-state index is 0.234. The fourth-order valence-electron chi connectivity index (χ4n) is 1.34. The smallest absolute Gasteiger partial charge is 0.364 e. The lowest BCUT2D eigenvalue weighted by atomic mass is 10.4. The SMILES string of the molecule is CO[Si](C)(OC)C1CCCO1. The van der Waals surface area contributed by atoms with Gasteiger partial charge in [0, 0.05) is 20.8 Å². The van der Waals surface area contributed by atoms with Crippen LogP contribution in [0.5, 0.6) is 0 Å². The molecule has 1 fully saturated rings. The molecule has 0 amide bonds.